The highest BCUT2D eigenvalue weighted by Gasteiger charge is 2.35. The molecular weight excluding hydrogens is 408 g/mol. The van der Waals surface area contributed by atoms with Crippen LogP contribution >= 0.6 is 11.6 Å². The standard InChI is InChI=1S/C21H19ClN4O4/c1-21(15-5-3-2-4-6-15)14-24(11-12-30-21)18-13-23-25(20(27)19(18)22)16-7-9-17(10-8-16)26(28)29/h2-10,13H,11-12,14H2,1H3. The van der Waals surface area contributed by atoms with E-state index in [1.54, 1.807) is 6.20 Å². The van der Waals surface area contributed by atoms with Crippen LogP contribution in [0, 0.1) is 10.1 Å². The van der Waals surface area contributed by atoms with Crippen LogP contribution in [0.2, 0.25) is 5.02 Å². The summed E-state index contributed by atoms with van der Waals surface area (Å²) in [7, 11) is 0. The maximum atomic E-state index is 12.9. The Morgan fingerprint density at radius 1 is 1.17 bits per heavy atom. The molecule has 1 unspecified atom stereocenters. The lowest BCUT2D eigenvalue weighted by Crippen LogP contribution is -2.48. The molecule has 1 atom stereocenters. The molecule has 0 radical (unpaired) electrons. The Kier molecular flexibility index (Phi) is 5.27. The van der Waals surface area contributed by atoms with Crippen LogP contribution in [0.1, 0.15) is 12.5 Å². The molecule has 30 heavy (non-hydrogen) atoms. The van der Waals surface area contributed by atoms with Gasteiger partial charge in [-0.25, -0.2) is 0 Å². The first kappa shape index (κ1) is 20.1. The van der Waals surface area contributed by atoms with E-state index in [0.717, 1.165) is 10.2 Å². The fourth-order valence-corrected chi connectivity index (χ4v) is 3.83. The van der Waals surface area contributed by atoms with Crippen molar-refractivity contribution in [1.29, 1.82) is 0 Å². The predicted octanol–water partition coefficient (Wildman–Crippen LogP) is 3.55. The van der Waals surface area contributed by atoms with Crippen LogP contribution in [-0.2, 0) is 10.3 Å². The fourth-order valence-electron chi connectivity index (χ4n) is 3.58. The maximum Gasteiger partial charge on any atom is 0.292 e. The third kappa shape index (κ3) is 3.67. The highest BCUT2D eigenvalue weighted by Crippen LogP contribution is 2.33. The van der Waals surface area contributed by atoms with Crippen molar-refractivity contribution in [3.8, 4) is 5.69 Å². The van der Waals surface area contributed by atoms with Crippen molar-refractivity contribution in [2.75, 3.05) is 24.6 Å². The molecule has 154 valence electrons. The molecule has 8 nitrogen and oxygen atoms in total. The number of rotatable bonds is 4. The van der Waals surface area contributed by atoms with E-state index in [9.17, 15) is 14.9 Å². The van der Waals surface area contributed by atoms with E-state index in [1.165, 1.54) is 24.3 Å². The summed E-state index contributed by atoms with van der Waals surface area (Å²) in [6, 6.07) is 15.5. The number of halogens is 1. The Labute approximate surface area is 177 Å². The Morgan fingerprint density at radius 2 is 1.87 bits per heavy atom. The minimum absolute atomic E-state index is 0.0423. The molecule has 0 spiro atoms. The van der Waals surface area contributed by atoms with Crippen LogP contribution in [0.3, 0.4) is 0 Å². The van der Waals surface area contributed by atoms with E-state index >= 15 is 0 Å². The van der Waals surface area contributed by atoms with Gasteiger partial charge in [0.25, 0.3) is 11.2 Å². The van der Waals surface area contributed by atoms with Crippen LogP contribution in [-0.4, -0.2) is 34.4 Å². The van der Waals surface area contributed by atoms with E-state index in [1.807, 2.05) is 42.2 Å². The van der Waals surface area contributed by atoms with Crippen LogP contribution in [0.25, 0.3) is 5.69 Å². The summed E-state index contributed by atoms with van der Waals surface area (Å²) in [5.74, 6) is 0. The molecule has 1 aromatic heterocycles. The van der Waals surface area contributed by atoms with Crippen LogP contribution in [0.4, 0.5) is 11.4 Å². The number of non-ortho nitro benzene ring substituents is 1. The predicted molar refractivity (Wildman–Crippen MR) is 113 cm³/mol. The lowest BCUT2D eigenvalue weighted by atomic mass is 9.93. The molecule has 0 saturated carbocycles. The van der Waals surface area contributed by atoms with E-state index in [-0.39, 0.29) is 10.7 Å². The largest absolute Gasteiger partial charge is 0.367 e. The Bertz CT molecular complexity index is 1130. The molecule has 9 heteroatoms. The number of nitro groups is 1. The lowest BCUT2D eigenvalue weighted by molar-refractivity contribution is -0.384. The molecule has 2 heterocycles. The zero-order chi connectivity index (χ0) is 21.3. The zero-order valence-electron chi connectivity index (χ0n) is 16.2. The number of hydrogen-bond acceptors (Lipinski definition) is 6. The second kappa shape index (κ2) is 7.89. The van der Waals surface area contributed by atoms with Gasteiger partial charge < -0.3 is 9.64 Å². The minimum atomic E-state index is -0.546. The highest BCUT2D eigenvalue weighted by atomic mass is 35.5. The van der Waals surface area contributed by atoms with E-state index in [4.69, 9.17) is 16.3 Å². The first-order valence-electron chi connectivity index (χ1n) is 9.36. The van der Waals surface area contributed by atoms with Crippen LogP contribution in [0.15, 0.2) is 65.6 Å². The minimum Gasteiger partial charge on any atom is -0.367 e. The Morgan fingerprint density at radius 3 is 2.53 bits per heavy atom. The van der Waals surface area contributed by atoms with Crippen molar-refractivity contribution >= 4 is 23.0 Å². The van der Waals surface area contributed by atoms with Gasteiger partial charge in [-0.2, -0.15) is 9.78 Å². The number of nitrogens with zero attached hydrogens (tertiary/aromatic N) is 4. The fraction of sp³-hybridized carbons (Fsp3) is 0.238. The molecule has 1 aliphatic rings. The maximum absolute atomic E-state index is 12.9. The first-order chi connectivity index (χ1) is 14.4. The quantitative estimate of drug-likeness (QED) is 0.468. The van der Waals surface area contributed by atoms with E-state index in [0.29, 0.717) is 31.1 Å². The second-order valence-corrected chi connectivity index (χ2v) is 7.58. The van der Waals surface area contributed by atoms with Crippen LogP contribution < -0.4 is 10.5 Å². The Hall–Kier alpha value is -3.23. The molecule has 3 aromatic rings. The Balaban J connectivity index is 1.65. The van der Waals surface area contributed by atoms with E-state index < -0.39 is 16.1 Å². The molecule has 1 saturated heterocycles. The van der Waals surface area contributed by atoms with Gasteiger partial charge in [0.15, 0.2) is 0 Å². The molecular formula is C21H19ClN4O4. The summed E-state index contributed by atoms with van der Waals surface area (Å²) >= 11 is 6.44. The third-order valence-electron chi connectivity index (χ3n) is 5.21. The summed E-state index contributed by atoms with van der Waals surface area (Å²) in [5.41, 5.74) is 0.869. The highest BCUT2D eigenvalue weighted by molar-refractivity contribution is 6.33. The number of ether oxygens (including phenoxy) is 1. The summed E-state index contributed by atoms with van der Waals surface area (Å²) in [5, 5.41) is 15.1. The van der Waals surface area contributed by atoms with Crippen molar-refractivity contribution in [1.82, 2.24) is 9.78 Å². The average Bonchev–Trinajstić information content (AvgIpc) is 2.76. The topological polar surface area (TPSA) is 90.5 Å². The molecule has 0 aliphatic carbocycles. The SMILES string of the molecule is CC1(c2ccccc2)CN(c2cnn(-c3ccc([N+](=O)[O-])cc3)c(=O)c2Cl)CCO1. The van der Waals surface area contributed by atoms with Gasteiger partial charge in [0.2, 0.25) is 0 Å². The number of benzene rings is 2. The van der Waals surface area contributed by atoms with Crippen molar-refractivity contribution in [3.63, 3.8) is 0 Å². The number of nitro benzene ring substituents is 1. The van der Waals surface area contributed by atoms with Crippen molar-refractivity contribution < 1.29 is 9.66 Å². The first-order valence-corrected chi connectivity index (χ1v) is 9.74. The number of aromatic nitrogens is 2. The molecule has 0 bridgehead atoms. The molecule has 4 rings (SSSR count). The zero-order valence-corrected chi connectivity index (χ0v) is 17.0. The van der Waals surface area contributed by atoms with Gasteiger partial charge in [0.05, 0.1) is 35.6 Å². The van der Waals surface area contributed by atoms with Crippen molar-refractivity contribution in [2.45, 2.75) is 12.5 Å². The van der Waals surface area contributed by atoms with Gasteiger partial charge in [-0.3, -0.25) is 14.9 Å². The lowest BCUT2D eigenvalue weighted by Gasteiger charge is -2.42. The van der Waals surface area contributed by atoms with Crippen LogP contribution in [0.5, 0.6) is 0 Å². The number of morpholine rings is 1. The summed E-state index contributed by atoms with van der Waals surface area (Å²) in [6.07, 6.45) is 1.54. The number of hydrogen-bond donors (Lipinski definition) is 0. The second-order valence-electron chi connectivity index (χ2n) is 7.20. The van der Waals surface area contributed by atoms with Crippen molar-refractivity contribution in [3.05, 3.63) is 91.8 Å². The van der Waals surface area contributed by atoms with Gasteiger partial charge >= 0.3 is 0 Å². The summed E-state index contributed by atoms with van der Waals surface area (Å²) in [6.45, 7) is 3.57. The third-order valence-corrected chi connectivity index (χ3v) is 5.56. The molecule has 0 amide bonds. The normalized spacial score (nSPS) is 18.9. The summed E-state index contributed by atoms with van der Waals surface area (Å²) in [4.78, 5) is 25.2. The van der Waals surface area contributed by atoms with Gasteiger partial charge in [-0.15, -0.1) is 0 Å². The monoisotopic (exact) mass is 426 g/mol. The van der Waals surface area contributed by atoms with Gasteiger partial charge in [0.1, 0.15) is 10.6 Å². The average molecular weight is 427 g/mol. The van der Waals surface area contributed by atoms with Gasteiger partial charge in [0, 0.05) is 18.7 Å². The van der Waals surface area contributed by atoms with Gasteiger partial charge in [-0.1, -0.05) is 41.9 Å². The van der Waals surface area contributed by atoms with Crippen molar-refractivity contribution in [2.24, 2.45) is 0 Å². The molecule has 1 aliphatic heterocycles. The molecule has 2 aromatic carbocycles. The van der Waals surface area contributed by atoms with E-state index in [2.05, 4.69) is 5.10 Å². The molecule has 0 N–H and O–H groups in total. The molecule has 1 fully saturated rings. The van der Waals surface area contributed by atoms with Gasteiger partial charge in [-0.05, 0) is 24.6 Å². The summed E-state index contributed by atoms with van der Waals surface area (Å²) < 4.78 is 7.18. The smallest absolute Gasteiger partial charge is 0.292 e. The number of anilines is 1.